The lowest BCUT2D eigenvalue weighted by Crippen LogP contribution is -1.98. The van der Waals surface area contributed by atoms with Crippen LogP contribution in [0.1, 0.15) is 24.3 Å². The van der Waals surface area contributed by atoms with E-state index in [0.29, 0.717) is 5.69 Å². The van der Waals surface area contributed by atoms with Crippen molar-refractivity contribution in [2.75, 3.05) is 0 Å². The third-order valence-corrected chi connectivity index (χ3v) is 2.13. The number of H-pyrrole nitrogens is 1. The van der Waals surface area contributed by atoms with Gasteiger partial charge in [0.25, 0.3) is 0 Å². The molecule has 0 aliphatic heterocycles. The highest BCUT2D eigenvalue weighted by Gasteiger charge is 2.13. The van der Waals surface area contributed by atoms with Crippen LogP contribution >= 0.6 is 0 Å². The molecule has 2 heterocycles. The highest BCUT2D eigenvalue weighted by Crippen LogP contribution is 2.18. The van der Waals surface area contributed by atoms with Gasteiger partial charge in [0, 0.05) is 24.5 Å². The summed E-state index contributed by atoms with van der Waals surface area (Å²) in [5, 5.41) is 16.3. The molecule has 2 aromatic heterocycles. The van der Waals surface area contributed by atoms with E-state index in [9.17, 15) is 5.11 Å². The van der Waals surface area contributed by atoms with Crippen molar-refractivity contribution in [3.05, 3.63) is 36.2 Å². The van der Waals surface area contributed by atoms with E-state index in [0.717, 1.165) is 12.1 Å². The van der Waals surface area contributed by atoms with E-state index < -0.39 is 6.10 Å². The topological polar surface area (TPSA) is 66.7 Å². The van der Waals surface area contributed by atoms with Crippen LogP contribution in [0.5, 0.6) is 0 Å². The molecular formula is C9H12N4O. The Balaban J connectivity index is 2.23. The molecule has 0 bridgehead atoms. The van der Waals surface area contributed by atoms with Gasteiger partial charge >= 0.3 is 0 Å². The zero-order valence-corrected chi connectivity index (χ0v) is 7.88. The van der Waals surface area contributed by atoms with Gasteiger partial charge in [-0.2, -0.15) is 5.10 Å². The number of hydrogen-bond donors (Lipinski definition) is 2. The Kier molecular flexibility index (Phi) is 2.32. The molecule has 0 fully saturated rings. The predicted molar refractivity (Wildman–Crippen MR) is 50.6 cm³/mol. The monoisotopic (exact) mass is 192 g/mol. The molecule has 0 spiro atoms. The first-order valence-electron chi connectivity index (χ1n) is 4.49. The third kappa shape index (κ3) is 1.54. The quantitative estimate of drug-likeness (QED) is 0.752. The first-order chi connectivity index (χ1) is 6.81. The lowest BCUT2D eigenvalue weighted by Gasteiger charge is -2.03. The Bertz CT molecular complexity index is 393. The van der Waals surface area contributed by atoms with Gasteiger partial charge in [-0.05, 0) is 6.92 Å². The first kappa shape index (κ1) is 8.96. The van der Waals surface area contributed by atoms with E-state index in [1.165, 1.54) is 0 Å². The summed E-state index contributed by atoms with van der Waals surface area (Å²) in [7, 11) is 0. The van der Waals surface area contributed by atoms with E-state index in [1.54, 1.807) is 18.7 Å². The molecule has 0 amide bonds. The van der Waals surface area contributed by atoms with Crippen LogP contribution in [0.3, 0.4) is 0 Å². The van der Waals surface area contributed by atoms with Crippen molar-refractivity contribution >= 4 is 0 Å². The van der Waals surface area contributed by atoms with E-state index in [1.807, 2.05) is 17.7 Å². The molecule has 0 aliphatic rings. The largest absolute Gasteiger partial charge is 0.382 e. The highest BCUT2D eigenvalue weighted by molar-refractivity contribution is 5.18. The van der Waals surface area contributed by atoms with Crippen LogP contribution in [-0.4, -0.2) is 24.9 Å². The number of imidazole rings is 1. The van der Waals surface area contributed by atoms with Crippen LogP contribution in [0, 0.1) is 0 Å². The summed E-state index contributed by atoms with van der Waals surface area (Å²) in [6.07, 6.45) is 6.10. The maximum atomic E-state index is 9.85. The molecule has 2 N–H and O–H groups in total. The Morgan fingerprint density at radius 3 is 3.07 bits per heavy atom. The smallest absolute Gasteiger partial charge is 0.126 e. The second-order valence-electron chi connectivity index (χ2n) is 3.06. The number of aliphatic hydroxyl groups excluding tert-OH is 1. The van der Waals surface area contributed by atoms with Crippen molar-refractivity contribution in [2.24, 2.45) is 0 Å². The van der Waals surface area contributed by atoms with Crippen LogP contribution in [0.2, 0.25) is 0 Å². The molecule has 0 saturated carbocycles. The molecule has 5 heteroatoms. The highest BCUT2D eigenvalue weighted by atomic mass is 16.3. The third-order valence-electron chi connectivity index (χ3n) is 2.13. The van der Waals surface area contributed by atoms with Crippen molar-refractivity contribution in [1.82, 2.24) is 19.7 Å². The number of nitrogens with zero attached hydrogens (tertiary/aromatic N) is 3. The molecule has 0 saturated heterocycles. The Labute approximate surface area is 81.4 Å². The normalized spacial score (nSPS) is 13.0. The molecule has 5 nitrogen and oxygen atoms in total. The van der Waals surface area contributed by atoms with Crippen LogP contribution in [0.15, 0.2) is 24.9 Å². The molecule has 1 unspecified atom stereocenters. The molecule has 0 radical (unpaired) electrons. The summed E-state index contributed by atoms with van der Waals surface area (Å²) in [6, 6.07) is 0. The summed E-state index contributed by atoms with van der Waals surface area (Å²) in [6.45, 7) is 2.88. The second-order valence-corrected chi connectivity index (χ2v) is 3.06. The van der Waals surface area contributed by atoms with E-state index in [4.69, 9.17) is 0 Å². The van der Waals surface area contributed by atoms with Gasteiger partial charge in [0.2, 0.25) is 0 Å². The van der Waals surface area contributed by atoms with Gasteiger partial charge in [0.15, 0.2) is 0 Å². The van der Waals surface area contributed by atoms with Crippen LogP contribution < -0.4 is 0 Å². The summed E-state index contributed by atoms with van der Waals surface area (Å²) in [4.78, 5) is 4.11. The molecule has 0 aromatic carbocycles. The molecule has 0 aliphatic carbocycles. The van der Waals surface area contributed by atoms with Crippen molar-refractivity contribution in [2.45, 2.75) is 19.6 Å². The maximum absolute atomic E-state index is 9.85. The summed E-state index contributed by atoms with van der Waals surface area (Å²) in [5.41, 5.74) is 1.37. The fourth-order valence-corrected chi connectivity index (χ4v) is 1.27. The van der Waals surface area contributed by atoms with Gasteiger partial charge < -0.3 is 9.67 Å². The zero-order valence-electron chi connectivity index (χ0n) is 7.88. The first-order valence-corrected chi connectivity index (χ1v) is 4.49. The standard InChI is InChI=1S/C9H12N4O/c1-2-13-5-8(10-6-13)9(14)7-3-11-12-4-7/h3-6,9,14H,2H2,1H3,(H,11,12). The number of aromatic nitrogens is 4. The number of nitrogens with one attached hydrogen (secondary N) is 1. The maximum Gasteiger partial charge on any atom is 0.126 e. The van der Waals surface area contributed by atoms with Gasteiger partial charge in [0.1, 0.15) is 6.10 Å². The van der Waals surface area contributed by atoms with Crippen LogP contribution in [-0.2, 0) is 6.54 Å². The Morgan fingerprint density at radius 2 is 2.50 bits per heavy atom. The minimum atomic E-state index is -0.693. The number of aryl methyl sites for hydroxylation is 1. The van der Waals surface area contributed by atoms with Gasteiger partial charge in [-0.3, -0.25) is 5.10 Å². The van der Waals surface area contributed by atoms with Gasteiger partial charge in [-0.15, -0.1) is 0 Å². The molecule has 14 heavy (non-hydrogen) atoms. The minimum absolute atomic E-state index is 0.647. The van der Waals surface area contributed by atoms with Crippen molar-refractivity contribution in [3.8, 4) is 0 Å². The van der Waals surface area contributed by atoms with Crippen molar-refractivity contribution in [3.63, 3.8) is 0 Å². The fourth-order valence-electron chi connectivity index (χ4n) is 1.27. The minimum Gasteiger partial charge on any atom is -0.382 e. The van der Waals surface area contributed by atoms with Crippen molar-refractivity contribution < 1.29 is 5.11 Å². The van der Waals surface area contributed by atoms with Gasteiger partial charge in [-0.25, -0.2) is 4.98 Å². The summed E-state index contributed by atoms with van der Waals surface area (Å²) in [5.74, 6) is 0. The molecule has 2 rings (SSSR count). The van der Waals surface area contributed by atoms with Crippen LogP contribution in [0.25, 0.3) is 0 Å². The number of aromatic amines is 1. The molecule has 2 aromatic rings. The number of hydrogen-bond acceptors (Lipinski definition) is 3. The Hall–Kier alpha value is -1.62. The van der Waals surface area contributed by atoms with Crippen molar-refractivity contribution in [1.29, 1.82) is 0 Å². The lowest BCUT2D eigenvalue weighted by atomic mass is 10.1. The molecule has 1 atom stereocenters. The van der Waals surface area contributed by atoms with Gasteiger partial charge in [-0.1, -0.05) is 0 Å². The molecule has 74 valence electrons. The predicted octanol–water partition coefficient (Wildman–Crippen LogP) is 0.708. The summed E-state index contributed by atoms with van der Waals surface area (Å²) < 4.78 is 1.92. The summed E-state index contributed by atoms with van der Waals surface area (Å²) >= 11 is 0. The Morgan fingerprint density at radius 1 is 1.64 bits per heavy atom. The zero-order chi connectivity index (χ0) is 9.97. The number of aliphatic hydroxyl groups is 1. The van der Waals surface area contributed by atoms with Crippen LogP contribution in [0.4, 0.5) is 0 Å². The van der Waals surface area contributed by atoms with Gasteiger partial charge in [0.05, 0.1) is 18.2 Å². The van der Waals surface area contributed by atoms with E-state index in [-0.39, 0.29) is 0 Å². The lowest BCUT2D eigenvalue weighted by molar-refractivity contribution is 0.216. The second kappa shape index (κ2) is 3.63. The fraction of sp³-hybridized carbons (Fsp3) is 0.333. The SMILES string of the molecule is CCn1cnc(C(O)c2cn[nH]c2)c1. The number of rotatable bonds is 3. The average molecular weight is 192 g/mol. The van der Waals surface area contributed by atoms with E-state index >= 15 is 0 Å². The molecular weight excluding hydrogens is 180 g/mol. The average Bonchev–Trinajstić information content (AvgIpc) is 2.88. The van der Waals surface area contributed by atoms with E-state index in [2.05, 4.69) is 15.2 Å².